The van der Waals surface area contributed by atoms with Crippen LogP contribution in [-0.2, 0) is 0 Å². The summed E-state index contributed by atoms with van der Waals surface area (Å²) in [4.78, 5) is 32.8. The van der Waals surface area contributed by atoms with Gasteiger partial charge in [0.15, 0.2) is 5.78 Å². The number of hydrogen-bond donors (Lipinski definition) is 3. The molecule has 7 fully saturated rings. The zero-order chi connectivity index (χ0) is 39.9. The lowest BCUT2D eigenvalue weighted by atomic mass is 9.32. The minimum atomic E-state index is -1.13. The first kappa shape index (κ1) is 37.5. The minimum Gasteiger partial charge on any atom is -0.497 e. The van der Waals surface area contributed by atoms with Gasteiger partial charge in [0.2, 0.25) is 0 Å². The first-order valence-corrected chi connectivity index (χ1v) is 23.2. The van der Waals surface area contributed by atoms with Crippen molar-refractivity contribution < 1.29 is 24.5 Å². The summed E-state index contributed by atoms with van der Waals surface area (Å²) >= 11 is 1.58. The normalized spacial score (nSPS) is 42.7. The van der Waals surface area contributed by atoms with Gasteiger partial charge in [-0.3, -0.25) is 4.79 Å². The number of carbonyl (C=O) groups is 2. The molecule has 13 rings (SSSR count). The molecule has 3 aromatic rings. The zero-order valence-corrected chi connectivity index (χ0v) is 35.3. The van der Waals surface area contributed by atoms with E-state index in [0.717, 1.165) is 81.8 Å². The fourth-order valence-corrected chi connectivity index (χ4v) is 17.1. The number of benzene rings is 2. The molecule has 58 heavy (non-hydrogen) atoms. The third kappa shape index (κ3) is 5.22. The molecule has 7 saturated carbocycles. The predicted molar refractivity (Wildman–Crippen MR) is 229 cm³/mol. The number of nitrogens with one attached hydrogen (secondary N) is 1. The molecule has 10 aliphatic rings. The molecular formula is C50H60N2O5S. The summed E-state index contributed by atoms with van der Waals surface area (Å²) < 4.78 is 6.52. The Morgan fingerprint density at radius 2 is 1.52 bits per heavy atom. The van der Waals surface area contributed by atoms with Gasteiger partial charge in [-0.2, -0.15) is 0 Å². The highest BCUT2D eigenvalue weighted by atomic mass is 32.1. The number of hydrogen-bond acceptors (Lipinski definition) is 6. The quantitative estimate of drug-likeness (QED) is 0.156. The van der Waals surface area contributed by atoms with Gasteiger partial charge in [0, 0.05) is 38.8 Å². The number of rotatable bonds is 8. The van der Waals surface area contributed by atoms with Gasteiger partial charge in [0.1, 0.15) is 5.75 Å². The van der Waals surface area contributed by atoms with Crippen LogP contribution in [0.4, 0.5) is 10.5 Å². The summed E-state index contributed by atoms with van der Waals surface area (Å²) in [6.07, 6.45) is 19.8. The van der Waals surface area contributed by atoms with Gasteiger partial charge in [-0.15, -0.1) is 11.3 Å². The van der Waals surface area contributed by atoms with Crippen molar-refractivity contribution in [1.29, 1.82) is 0 Å². The minimum absolute atomic E-state index is 0.0256. The molecule has 7 nitrogen and oxygen atoms in total. The number of amides is 2. The van der Waals surface area contributed by atoms with Gasteiger partial charge in [0.05, 0.1) is 30.2 Å². The number of fused-ring (bicyclic) bond motifs is 2. The standard InChI is InChI=1S/C50H60N2O5S/c1-45-15-12-36(53)27-48(45)18-19-50(38(28-48)43(54)40-23-34-6-4-5-7-39(34)58-40)41(45)13-16-46(2)42(50)14-17-49(46,56)30-52(44(55)51-35-8-10-37(57-3)11-9-35)29-47-24-31-20-32(25-47)22-33(21-31)26-47/h4-11,18-19,23,28,31-33,36,41-42,53,56H,12-17,20-22,24-27,29-30H2,1-3H3,(H,51,55). The van der Waals surface area contributed by atoms with Gasteiger partial charge >= 0.3 is 6.03 Å². The van der Waals surface area contributed by atoms with Crippen LogP contribution in [0.2, 0.25) is 0 Å². The molecule has 306 valence electrons. The van der Waals surface area contributed by atoms with Gasteiger partial charge < -0.3 is 25.2 Å². The van der Waals surface area contributed by atoms with Gasteiger partial charge in [-0.05, 0) is 166 Å². The van der Waals surface area contributed by atoms with E-state index in [1.807, 2.05) is 41.3 Å². The third-order valence-corrected chi connectivity index (χ3v) is 19.5. The van der Waals surface area contributed by atoms with Crippen molar-refractivity contribution in [2.45, 2.75) is 109 Å². The highest BCUT2D eigenvalue weighted by Gasteiger charge is 2.74. The summed E-state index contributed by atoms with van der Waals surface area (Å²) in [6, 6.07) is 17.7. The second-order valence-electron chi connectivity index (χ2n) is 21.2. The summed E-state index contributed by atoms with van der Waals surface area (Å²) in [5.41, 5.74) is -0.974. The van der Waals surface area contributed by atoms with Crippen molar-refractivity contribution in [2.24, 2.45) is 56.7 Å². The maximum atomic E-state index is 15.3. The van der Waals surface area contributed by atoms with Crippen LogP contribution in [0.3, 0.4) is 0 Å². The molecule has 10 aliphatic carbocycles. The maximum Gasteiger partial charge on any atom is 0.321 e. The zero-order valence-electron chi connectivity index (χ0n) is 34.5. The summed E-state index contributed by atoms with van der Waals surface area (Å²) in [6.45, 7) is 5.71. The molecule has 2 amide bonds. The van der Waals surface area contributed by atoms with Crippen molar-refractivity contribution in [3.8, 4) is 5.75 Å². The number of carbonyl (C=O) groups excluding carboxylic acids is 2. The van der Waals surface area contributed by atoms with E-state index >= 15 is 4.79 Å². The summed E-state index contributed by atoms with van der Waals surface area (Å²) in [7, 11) is 1.65. The molecule has 6 bridgehead atoms. The smallest absolute Gasteiger partial charge is 0.321 e. The van der Waals surface area contributed by atoms with Crippen LogP contribution in [0, 0.1) is 56.7 Å². The molecule has 0 aliphatic heterocycles. The summed E-state index contributed by atoms with van der Waals surface area (Å²) in [5, 5.41) is 29.0. The Morgan fingerprint density at radius 3 is 2.22 bits per heavy atom. The Bertz CT molecular complexity index is 2180. The maximum absolute atomic E-state index is 15.3. The molecule has 0 radical (unpaired) electrons. The Balaban J connectivity index is 0.972. The molecule has 8 heteroatoms. The number of methoxy groups -OCH3 is 1. The van der Waals surface area contributed by atoms with Gasteiger partial charge in [-0.1, -0.05) is 50.3 Å². The number of Topliss-reactive ketones (excluding diaryl/α,β-unsaturated/α-hetero) is 1. The molecule has 0 saturated heterocycles. The van der Waals surface area contributed by atoms with E-state index in [0.29, 0.717) is 19.4 Å². The van der Waals surface area contributed by atoms with Gasteiger partial charge in [-0.25, -0.2) is 4.79 Å². The number of aliphatic hydroxyl groups is 2. The molecule has 1 heterocycles. The van der Waals surface area contributed by atoms with Crippen LogP contribution in [-0.4, -0.2) is 58.8 Å². The van der Waals surface area contributed by atoms with E-state index in [1.54, 1.807) is 18.4 Å². The molecule has 2 aromatic carbocycles. The van der Waals surface area contributed by atoms with Crippen LogP contribution < -0.4 is 10.1 Å². The van der Waals surface area contributed by atoms with Gasteiger partial charge in [0.25, 0.3) is 0 Å². The topological polar surface area (TPSA) is 99.1 Å². The monoisotopic (exact) mass is 800 g/mol. The molecule has 8 unspecified atom stereocenters. The number of nitrogens with zero attached hydrogens (tertiary/aromatic N) is 1. The van der Waals surface area contributed by atoms with Crippen LogP contribution in [0.5, 0.6) is 5.75 Å². The van der Waals surface area contributed by atoms with E-state index in [2.05, 4.69) is 55.6 Å². The lowest BCUT2D eigenvalue weighted by Crippen LogP contribution is -2.67. The Kier molecular flexibility index (Phi) is 8.27. The number of ether oxygens (including phenoxy) is 1. The van der Waals surface area contributed by atoms with Crippen molar-refractivity contribution >= 4 is 38.9 Å². The number of ketones is 1. The molecule has 3 N–H and O–H groups in total. The van der Waals surface area contributed by atoms with Crippen LogP contribution in [0.25, 0.3) is 10.1 Å². The summed E-state index contributed by atoms with van der Waals surface area (Å²) in [5.74, 6) is 3.37. The van der Waals surface area contributed by atoms with Crippen molar-refractivity contribution in [2.75, 3.05) is 25.5 Å². The Labute approximate surface area is 347 Å². The predicted octanol–water partition coefficient (Wildman–Crippen LogP) is 10.4. The third-order valence-electron chi connectivity index (χ3n) is 18.4. The number of thiophene rings is 1. The van der Waals surface area contributed by atoms with Crippen molar-refractivity contribution in [3.63, 3.8) is 0 Å². The fraction of sp³-hybridized carbons (Fsp3) is 0.600. The highest BCUT2D eigenvalue weighted by molar-refractivity contribution is 7.21. The molecule has 1 aromatic heterocycles. The average Bonchev–Trinajstić information content (AvgIpc) is 3.75. The number of aliphatic hydroxyl groups excluding tert-OH is 1. The Hall–Kier alpha value is -3.46. The van der Waals surface area contributed by atoms with Crippen molar-refractivity contribution in [1.82, 2.24) is 4.90 Å². The second-order valence-corrected chi connectivity index (χ2v) is 22.3. The molecule has 8 atom stereocenters. The number of allylic oxidation sites excluding steroid dienone is 4. The lowest BCUT2D eigenvalue weighted by Gasteiger charge is -2.71. The molecule has 2 spiro atoms. The Morgan fingerprint density at radius 1 is 0.845 bits per heavy atom. The van der Waals surface area contributed by atoms with Crippen LogP contribution in [0.15, 0.2) is 78.4 Å². The first-order chi connectivity index (χ1) is 27.8. The van der Waals surface area contributed by atoms with E-state index in [-0.39, 0.29) is 46.4 Å². The van der Waals surface area contributed by atoms with E-state index in [4.69, 9.17) is 4.74 Å². The van der Waals surface area contributed by atoms with Crippen LogP contribution in [0.1, 0.15) is 107 Å². The van der Waals surface area contributed by atoms with E-state index in [9.17, 15) is 15.0 Å². The highest BCUT2D eigenvalue weighted by Crippen LogP contribution is 2.78. The largest absolute Gasteiger partial charge is 0.497 e. The first-order valence-electron chi connectivity index (χ1n) is 22.4. The SMILES string of the molecule is COc1ccc(NC(=O)N(CC23CC4CC(CC(C4)C2)C3)CC2(O)CCC3C45C=CC6(C=C4C(=O)c4cc7ccccc7s4)CC(O)CCC6(C)C5CCC32C)cc1. The molecular weight excluding hydrogens is 741 g/mol. The van der Waals surface area contributed by atoms with E-state index in [1.165, 1.54) is 38.5 Å². The van der Waals surface area contributed by atoms with E-state index < -0.39 is 22.5 Å². The lowest BCUT2D eigenvalue weighted by molar-refractivity contribution is -0.176. The average molecular weight is 801 g/mol. The fourth-order valence-electron chi connectivity index (χ4n) is 16.1. The van der Waals surface area contributed by atoms with Crippen molar-refractivity contribution in [3.05, 3.63) is 83.3 Å². The van der Waals surface area contributed by atoms with Crippen LogP contribution >= 0.6 is 11.3 Å². The number of anilines is 1. The second kappa shape index (κ2) is 12.8. The number of urea groups is 1.